The van der Waals surface area contributed by atoms with Crippen LogP contribution in [-0.2, 0) is 4.74 Å². The third kappa shape index (κ3) is 3.09. The molecule has 2 atom stereocenters. The zero-order valence-corrected chi connectivity index (χ0v) is 12.0. The molecule has 102 valence electrons. The summed E-state index contributed by atoms with van der Waals surface area (Å²) in [4.78, 5) is 0. The summed E-state index contributed by atoms with van der Waals surface area (Å²) in [6.07, 6.45) is 0.863. The van der Waals surface area contributed by atoms with Crippen LogP contribution in [0.5, 0.6) is 0 Å². The average Bonchev–Trinajstić information content (AvgIpc) is 2.35. The SMILES string of the molecule is CCOC(C)(CC)C(NC)c1ccc(C)c(F)c1. The first-order valence-corrected chi connectivity index (χ1v) is 6.55. The Morgan fingerprint density at radius 2 is 2.06 bits per heavy atom. The lowest BCUT2D eigenvalue weighted by Crippen LogP contribution is -2.42. The molecule has 0 amide bonds. The van der Waals surface area contributed by atoms with E-state index in [1.54, 1.807) is 13.0 Å². The third-order valence-corrected chi connectivity index (χ3v) is 3.60. The second-order valence-corrected chi connectivity index (χ2v) is 4.83. The van der Waals surface area contributed by atoms with Gasteiger partial charge in [0, 0.05) is 6.61 Å². The molecule has 0 fully saturated rings. The fourth-order valence-electron chi connectivity index (χ4n) is 2.33. The second-order valence-electron chi connectivity index (χ2n) is 4.83. The summed E-state index contributed by atoms with van der Waals surface area (Å²) in [5.74, 6) is -0.164. The van der Waals surface area contributed by atoms with E-state index in [1.807, 2.05) is 26.1 Å². The summed E-state index contributed by atoms with van der Waals surface area (Å²) in [5, 5.41) is 3.25. The number of ether oxygens (including phenoxy) is 1. The molecular formula is C15H24FNO. The van der Waals surface area contributed by atoms with Crippen LogP contribution >= 0.6 is 0 Å². The molecule has 0 aromatic heterocycles. The molecule has 0 aliphatic heterocycles. The number of nitrogens with one attached hydrogen (secondary N) is 1. The molecule has 2 unspecified atom stereocenters. The third-order valence-electron chi connectivity index (χ3n) is 3.60. The highest BCUT2D eigenvalue weighted by Gasteiger charge is 2.33. The Labute approximate surface area is 110 Å². The van der Waals surface area contributed by atoms with Gasteiger partial charge in [0.05, 0.1) is 11.6 Å². The molecule has 0 spiro atoms. The Morgan fingerprint density at radius 3 is 2.50 bits per heavy atom. The van der Waals surface area contributed by atoms with Gasteiger partial charge < -0.3 is 10.1 Å². The van der Waals surface area contributed by atoms with Crippen LogP contribution in [0.1, 0.15) is 44.4 Å². The van der Waals surface area contributed by atoms with Crippen molar-refractivity contribution in [2.45, 2.75) is 45.8 Å². The predicted molar refractivity (Wildman–Crippen MR) is 73.3 cm³/mol. The van der Waals surface area contributed by atoms with Crippen molar-refractivity contribution in [2.24, 2.45) is 0 Å². The number of rotatable bonds is 6. The van der Waals surface area contributed by atoms with E-state index in [0.717, 1.165) is 12.0 Å². The van der Waals surface area contributed by atoms with E-state index in [-0.39, 0.29) is 17.5 Å². The molecule has 0 bridgehead atoms. The van der Waals surface area contributed by atoms with Gasteiger partial charge in [0.25, 0.3) is 0 Å². The highest BCUT2D eigenvalue weighted by molar-refractivity contribution is 5.27. The van der Waals surface area contributed by atoms with Crippen LogP contribution in [0.15, 0.2) is 18.2 Å². The zero-order chi connectivity index (χ0) is 13.8. The lowest BCUT2D eigenvalue weighted by atomic mass is 9.87. The molecule has 18 heavy (non-hydrogen) atoms. The van der Waals surface area contributed by atoms with Crippen LogP contribution in [0.4, 0.5) is 4.39 Å². The lowest BCUT2D eigenvalue weighted by molar-refractivity contribution is -0.0547. The van der Waals surface area contributed by atoms with E-state index in [0.29, 0.717) is 12.2 Å². The maximum absolute atomic E-state index is 13.7. The molecule has 0 saturated carbocycles. The van der Waals surface area contributed by atoms with Crippen molar-refractivity contribution >= 4 is 0 Å². The lowest BCUT2D eigenvalue weighted by Gasteiger charge is -2.37. The van der Waals surface area contributed by atoms with E-state index in [2.05, 4.69) is 19.2 Å². The molecule has 3 heteroatoms. The summed E-state index contributed by atoms with van der Waals surface area (Å²) >= 11 is 0. The van der Waals surface area contributed by atoms with Crippen LogP contribution in [0, 0.1) is 12.7 Å². The molecule has 0 radical (unpaired) electrons. The fraction of sp³-hybridized carbons (Fsp3) is 0.600. The highest BCUT2D eigenvalue weighted by Crippen LogP contribution is 2.32. The van der Waals surface area contributed by atoms with Gasteiger partial charge in [-0.1, -0.05) is 19.1 Å². The van der Waals surface area contributed by atoms with E-state index in [1.165, 1.54) is 0 Å². The predicted octanol–water partition coefficient (Wildman–Crippen LogP) is 3.60. The molecular weight excluding hydrogens is 229 g/mol. The number of hydrogen-bond acceptors (Lipinski definition) is 2. The molecule has 0 aliphatic rings. The van der Waals surface area contributed by atoms with Crippen molar-refractivity contribution in [1.82, 2.24) is 5.32 Å². The Bertz CT molecular complexity index is 394. The molecule has 2 nitrogen and oxygen atoms in total. The molecule has 0 aliphatic carbocycles. The van der Waals surface area contributed by atoms with Crippen molar-refractivity contribution in [3.05, 3.63) is 35.1 Å². The van der Waals surface area contributed by atoms with Crippen molar-refractivity contribution in [2.75, 3.05) is 13.7 Å². The minimum atomic E-state index is -0.328. The maximum Gasteiger partial charge on any atom is 0.126 e. The van der Waals surface area contributed by atoms with E-state index in [9.17, 15) is 4.39 Å². The Hall–Kier alpha value is -0.930. The van der Waals surface area contributed by atoms with Crippen molar-refractivity contribution in [3.63, 3.8) is 0 Å². The Balaban J connectivity index is 3.11. The van der Waals surface area contributed by atoms with Crippen LogP contribution in [-0.4, -0.2) is 19.3 Å². The van der Waals surface area contributed by atoms with Gasteiger partial charge in [-0.25, -0.2) is 4.39 Å². The van der Waals surface area contributed by atoms with E-state index < -0.39 is 0 Å². The standard InChI is InChI=1S/C15H24FNO/c1-6-15(4,18-7-2)14(17-5)12-9-8-11(3)13(16)10-12/h8-10,14,17H,6-7H2,1-5H3. The maximum atomic E-state index is 13.7. The molecule has 0 saturated heterocycles. The minimum absolute atomic E-state index is 0.0162. The minimum Gasteiger partial charge on any atom is -0.374 e. The molecule has 1 N–H and O–H groups in total. The first kappa shape index (κ1) is 15.1. The van der Waals surface area contributed by atoms with Gasteiger partial charge in [-0.15, -0.1) is 0 Å². The van der Waals surface area contributed by atoms with Gasteiger partial charge in [0.2, 0.25) is 0 Å². The smallest absolute Gasteiger partial charge is 0.126 e. The zero-order valence-electron chi connectivity index (χ0n) is 12.0. The summed E-state index contributed by atoms with van der Waals surface area (Å²) in [6, 6.07) is 5.37. The number of halogens is 1. The van der Waals surface area contributed by atoms with Crippen molar-refractivity contribution in [1.29, 1.82) is 0 Å². The number of hydrogen-bond donors (Lipinski definition) is 1. The quantitative estimate of drug-likeness (QED) is 0.836. The van der Waals surface area contributed by atoms with Gasteiger partial charge in [-0.05, 0) is 51.4 Å². The van der Waals surface area contributed by atoms with Crippen LogP contribution in [0.3, 0.4) is 0 Å². The summed E-state index contributed by atoms with van der Waals surface area (Å²) in [7, 11) is 1.88. The molecule has 1 aromatic rings. The Morgan fingerprint density at radius 1 is 1.39 bits per heavy atom. The normalized spacial score (nSPS) is 16.3. The Kier molecular flexibility index (Phi) is 5.29. The van der Waals surface area contributed by atoms with E-state index >= 15 is 0 Å². The summed E-state index contributed by atoms with van der Waals surface area (Å²) in [6.45, 7) is 8.56. The van der Waals surface area contributed by atoms with Crippen molar-refractivity contribution in [3.8, 4) is 0 Å². The van der Waals surface area contributed by atoms with Crippen molar-refractivity contribution < 1.29 is 9.13 Å². The topological polar surface area (TPSA) is 21.3 Å². The number of aryl methyl sites for hydroxylation is 1. The van der Waals surface area contributed by atoms with Crippen LogP contribution < -0.4 is 5.32 Å². The van der Waals surface area contributed by atoms with E-state index in [4.69, 9.17) is 4.74 Å². The summed E-state index contributed by atoms with van der Waals surface area (Å²) < 4.78 is 19.6. The fourth-order valence-corrected chi connectivity index (χ4v) is 2.33. The van der Waals surface area contributed by atoms with Gasteiger partial charge in [0.1, 0.15) is 5.82 Å². The number of benzene rings is 1. The first-order valence-electron chi connectivity index (χ1n) is 6.55. The summed E-state index contributed by atoms with van der Waals surface area (Å²) in [5.41, 5.74) is 1.27. The van der Waals surface area contributed by atoms with Gasteiger partial charge in [0.15, 0.2) is 0 Å². The molecule has 1 rings (SSSR count). The largest absolute Gasteiger partial charge is 0.374 e. The number of likely N-dealkylation sites (N-methyl/N-ethyl adjacent to an activating group) is 1. The van der Waals surface area contributed by atoms with Gasteiger partial charge >= 0.3 is 0 Å². The van der Waals surface area contributed by atoms with Crippen LogP contribution in [0.25, 0.3) is 0 Å². The first-order chi connectivity index (χ1) is 8.48. The molecule has 1 aromatic carbocycles. The van der Waals surface area contributed by atoms with Crippen LogP contribution in [0.2, 0.25) is 0 Å². The molecule has 0 heterocycles. The second kappa shape index (κ2) is 6.30. The monoisotopic (exact) mass is 253 g/mol. The average molecular weight is 253 g/mol. The highest BCUT2D eigenvalue weighted by atomic mass is 19.1. The van der Waals surface area contributed by atoms with Gasteiger partial charge in [-0.2, -0.15) is 0 Å². The van der Waals surface area contributed by atoms with Gasteiger partial charge in [-0.3, -0.25) is 0 Å².